The van der Waals surface area contributed by atoms with Crippen molar-refractivity contribution in [1.29, 1.82) is 0 Å². The minimum absolute atomic E-state index is 0.131. The number of rotatable bonds is 5. The van der Waals surface area contributed by atoms with Crippen molar-refractivity contribution in [2.45, 2.75) is 31.8 Å². The van der Waals surface area contributed by atoms with Crippen LogP contribution in [0.2, 0.25) is 0 Å². The minimum Gasteiger partial charge on any atom is -0.322 e. The van der Waals surface area contributed by atoms with Crippen molar-refractivity contribution in [3.05, 3.63) is 16.4 Å². The van der Waals surface area contributed by atoms with Gasteiger partial charge in [-0.1, -0.05) is 0 Å². The molecule has 2 aliphatic rings. The van der Waals surface area contributed by atoms with Gasteiger partial charge in [-0.3, -0.25) is 4.68 Å². The van der Waals surface area contributed by atoms with E-state index in [9.17, 15) is 0 Å². The lowest BCUT2D eigenvalue weighted by Gasteiger charge is -2.23. The lowest BCUT2D eigenvalue weighted by Crippen LogP contribution is -2.27. The van der Waals surface area contributed by atoms with Crippen molar-refractivity contribution >= 4 is 15.9 Å². The topological polar surface area (TPSA) is 47.1 Å². The third kappa shape index (κ3) is 2.73. The zero-order chi connectivity index (χ0) is 13.6. The Hall–Kier alpha value is -0.390. The molecule has 0 saturated heterocycles. The van der Waals surface area contributed by atoms with Gasteiger partial charge in [-0.25, -0.2) is 0 Å². The molecule has 3 unspecified atom stereocenters. The highest BCUT2D eigenvalue weighted by atomic mass is 79.9. The van der Waals surface area contributed by atoms with Crippen LogP contribution in [0.25, 0.3) is 0 Å². The maximum absolute atomic E-state index is 6.53. The zero-order valence-corrected chi connectivity index (χ0v) is 13.3. The van der Waals surface area contributed by atoms with E-state index < -0.39 is 0 Å². The van der Waals surface area contributed by atoms with Gasteiger partial charge in [0.2, 0.25) is 0 Å². The summed E-state index contributed by atoms with van der Waals surface area (Å²) in [5, 5.41) is 4.47. The lowest BCUT2D eigenvalue weighted by atomic mass is 9.93. The van der Waals surface area contributed by atoms with Crippen LogP contribution < -0.4 is 5.73 Å². The van der Waals surface area contributed by atoms with Crippen LogP contribution in [0.15, 0.2) is 10.7 Å². The van der Waals surface area contributed by atoms with Crippen LogP contribution in [-0.2, 0) is 6.54 Å². The number of hydrogen-bond acceptors (Lipinski definition) is 3. The second kappa shape index (κ2) is 5.19. The van der Waals surface area contributed by atoms with Gasteiger partial charge in [0.15, 0.2) is 0 Å². The highest BCUT2D eigenvalue weighted by Crippen LogP contribution is 2.56. The van der Waals surface area contributed by atoms with Crippen molar-refractivity contribution in [2.75, 3.05) is 20.6 Å². The Labute approximate surface area is 123 Å². The Balaban J connectivity index is 1.72. The van der Waals surface area contributed by atoms with Gasteiger partial charge in [0.05, 0.1) is 29.0 Å². The number of aromatic nitrogens is 2. The summed E-state index contributed by atoms with van der Waals surface area (Å²) in [6.45, 7) is 1.89. The fraction of sp³-hybridized carbons (Fsp3) is 0.786. The van der Waals surface area contributed by atoms with Crippen LogP contribution in [-0.4, -0.2) is 35.3 Å². The lowest BCUT2D eigenvalue weighted by molar-refractivity contribution is 0.346. The van der Waals surface area contributed by atoms with Gasteiger partial charge in [0.1, 0.15) is 0 Å². The molecule has 19 heavy (non-hydrogen) atoms. The van der Waals surface area contributed by atoms with E-state index in [4.69, 9.17) is 5.73 Å². The van der Waals surface area contributed by atoms with Crippen LogP contribution in [0.5, 0.6) is 0 Å². The second-order valence-corrected chi connectivity index (χ2v) is 7.27. The molecule has 1 aromatic heterocycles. The molecule has 0 aliphatic heterocycles. The van der Waals surface area contributed by atoms with Gasteiger partial charge in [0.25, 0.3) is 0 Å². The van der Waals surface area contributed by atoms with E-state index in [1.165, 1.54) is 25.0 Å². The maximum atomic E-state index is 6.53. The summed E-state index contributed by atoms with van der Waals surface area (Å²) in [6, 6.07) is 0.131. The van der Waals surface area contributed by atoms with Gasteiger partial charge in [-0.15, -0.1) is 0 Å². The SMILES string of the molecule is CN(C)CCn1ncc(Br)c1C(N)C1CC2CC2C1. The highest BCUT2D eigenvalue weighted by Gasteiger charge is 2.48. The smallest absolute Gasteiger partial charge is 0.0696 e. The Morgan fingerprint density at radius 3 is 2.74 bits per heavy atom. The monoisotopic (exact) mass is 326 g/mol. The molecule has 106 valence electrons. The number of hydrogen-bond donors (Lipinski definition) is 1. The first-order chi connectivity index (χ1) is 9.06. The number of likely N-dealkylation sites (N-methyl/N-ethyl adjacent to an activating group) is 1. The summed E-state index contributed by atoms with van der Waals surface area (Å²) < 4.78 is 3.15. The van der Waals surface area contributed by atoms with Crippen LogP contribution >= 0.6 is 15.9 Å². The van der Waals surface area contributed by atoms with Crippen LogP contribution in [0, 0.1) is 17.8 Å². The standard InChI is InChI=1S/C14H23BrN4/c1-18(2)3-4-19-14(12(15)8-17-19)13(16)11-6-9-5-10(9)7-11/h8-11,13H,3-7,16H2,1-2H3. The van der Waals surface area contributed by atoms with Crippen molar-refractivity contribution in [3.63, 3.8) is 0 Å². The number of fused-ring (bicyclic) bond motifs is 1. The average molecular weight is 327 g/mol. The number of nitrogens with zero attached hydrogens (tertiary/aromatic N) is 3. The van der Waals surface area contributed by atoms with Crippen LogP contribution in [0.1, 0.15) is 31.0 Å². The molecule has 3 atom stereocenters. The Morgan fingerprint density at radius 2 is 2.11 bits per heavy atom. The molecule has 0 radical (unpaired) electrons. The van der Waals surface area contributed by atoms with E-state index in [1.54, 1.807) is 0 Å². The molecule has 0 aromatic carbocycles. The van der Waals surface area contributed by atoms with E-state index in [0.717, 1.165) is 29.4 Å². The quantitative estimate of drug-likeness (QED) is 0.902. The van der Waals surface area contributed by atoms with Gasteiger partial charge in [-0.2, -0.15) is 5.10 Å². The third-order valence-corrected chi connectivity index (χ3v) is 5.31. The summed E-state index contributed by atoms with van der Waals surface area (Å²) >= 11 is 3.62. The van der Waals surface area contributed by atoms with E-state index in [0.29, 0.717) is 5.92 Å². The Bertz CT molecular complexity index is 446. The summed E-state index contributed by atoms with van der Waals surface area (Å²) in [5.74, 6) is 2.61. The molecule has 1 heterocycles. The molecule has 2 saturated carbocycles. The van der Waals surface area contributed by atoms with E-state index in [-0.39, 0.29) is 6.04 Å². The van der Waals surface area contributed by atoms with Gasteiger partial charge < -0.3 is 10.6 Å². The summed E-state index contributed by atoms with van der Waals surface area (Å²) in [4.78, 5) is 2.18. The maximum Gasteiger partial charge on any atom is 0.0696 e. The molecule has 0 bridgehead atoms. The Kier molecular flexibility index (Phi) is 3.71. The molecule has 2 fully saturated rings. The molecule has 4 nitrogen and oxygen atoms in total. The van der Waals surface area contributed by atoms with E-state index >= 15 is 0 Å². The summed E-state index contributed by atoms with van der Waals surface area (Å²) in [5.41, 5.74) is 7.72. The van der Waals surface area contributed by atoms with Crippen LogP contribution in [0.4, 0.5) is 0 Å². The normalized spacial score (nSPS) is 30.7. The predicted octanol–water partition coefficient (Wildman–Crippen LogP) is 2.25. The fourth-order valence-electron chi connectivity index (χ4n) is 3.45. The number of nitrogens with two attached hydrogens (primary N) is 1. The van der Waals surface area contributed by atoms with Crippen molar-refractivity contribution in [2.24, 2.45) is 23.5 Å². The first-order valence-corrected chi connectivity index (χ1v) is 7.97. The molecule has 3 rings (SSSR count). The molecular weight excluding hydrogens is 304 g/mol. The fourth-order valence-corrected chi connectivity index (χ4v) is 4.01. The molecule has 5 heteroatoms. The first kappa shape index (κ1) is 13.6. The van der Waals surface area contributed by atoms with Crippen LogP contribution in [0.3, 0.4) is 0 Å². The van der Waals surface area contributed by atoms with Gasteiger partial charge in [0, 0.05) is 6.54 Å². The largest absolute Gasteiger partial charge is 0.322 e. The summed E-state index contributed by atoms with van der Waals surface area (Å²) in [6.07, 6.45) is 5.97. The average Bonchev–Trinajstić information content (AvgIpc) is 2.82. The molecule has 0 amide bonds. The minimum atomic E-state index is 0.131. The second-order valence-electron chi connectivity index (χ2n) is 6.42. The molecule has 2 N–H and O–H groups in total. The number of halogens is 1. The van der Waals surface area contributed by atoms with E-state index in [2.05, 4.69) is 44.7 Å². The van der Waals surface area contributed by atoms with Gasteiger partial charge >= 0.3 is 0 Å². The van der Waals surface area contributed by atoms with Crippen molar-refractivity contribution < 1.29 is 0 Å². The first-order valence-electron chi connectivity index (χ1n) is 7.17. The highest BCUT2D eigenvalue weighted by molar-refractivity contribution is 9.10. The molecule has 2 aliphatic carbocycles. The predicted molar refractivity (Wildman–Crippen MR) is 79.7 cm³/mol. The molecule has 0 spiro atoms. The Morgan fingerprint density at radius 1 is 1.42 bits per heavy atom. The van der Waals surface area contributed by atoms with E-state index in [1.807, 2.05) is 6.20 Å². The zero-order valence-electron chi connectivity index (χ0n) is 11.7. The van der Waals surface area contributed by atoms with Gasteiger partial charge in [-0.05, 0) is 67.0 Å². The molecule has 1 aromatic rings. The van der Waals surface area contributed by atoms with Crippen molar-refractivity contribution in [3.8, 4) is 0 Å². The van der Waals surface area contributed by atoms with Crippen molar-refractivity contribution in [1.82, 2.24) is 14.7 Å². The third-order valence-electron chi connectivity index (χ3n) is 4.70. The summed E-state index contributed by atoms with van der Waals surface area (Å²) in [7, 11) is 4.17. The molecular formula is C14H23BrN4.